The molecule has 0 aromatic heterocycles. The molecular formula is C22H30FN3O3S. The Hall–Kier alpha value is -2.61. The van der Waals surface area contributed by atoms with E-state index in [0.29, 0.717) is 30.2 Å². The summed E-state index contributed by atoms with van der Waals surface area (Å²) < 4.78 is 42.9. The fourth-order valence-electron chi connectivity index (χ4n) is 2.80. The summed E-state index contributed by atoms with van der Waals surface area (Å²) in [6, 6.07) is 11.9. The SMILES string of the molecule is CCNC(=NCc1cc(F)ccc1CS(C)(=O)=O)NCC(C)Oc1ccc(C)cc1. The fraction of sp³-hybridized carbons (Fsp3) is 0.409. The Morgan fingerprint density at radius 3 is 2.47 bits per heavy atom. The molecule has 0 amide bonds. The molecule has 0 saturated heterocycles. The molecule has 0 spiro atoms. The van der Waals surface area contributed by atoms with Gasteiger partial charge in [0.15, 0.2) is 15.8 Å². The van der Waals surface area contributed by atoms with Crippen LogP contribution >= 0.6 is 0 Å². The summed E-state index contributed by atoms with van der Waals surface area (Å²) in [6.07, 6.45) is 1.05. The fourth-order valence-corrected chi connectivity index (χ4v) is 3.65. The second kappa shape index (κ2) is 11.0. The number of aryl methyl sites for hydroxylation is 1. The summed E-state index contributed by atoms with van der Waals surface area (Å²) in [7, 11) is -3.23. The number of halogens is 1. The van der Waals surface area contributed by atoms with Gasteiger partial charge >= 0.3 is 0 Å². The molecule has 0 aliphatic heterocycles. The minimum atomic E-state index is -3.23. The lowest BCUT2D eigenvalue weighted by Gasteiger charge is -2.18. The first-order chi connectivity index (χ1) is 14.2. The number of hydrogen-bond acceptors (Lipinski definition) is 4. The van der Waals surface area contributed by atoms with Gasteiger partial charge < -0.3 is 15.4 Å². The summed E-state index contributed by atoms with van der Waals surface area (Å²) in [5, 5.41) is 6.34. The molecule has 1 unspecified atom stereocenters. The second-order valence-corrected chi connectivity index (χ2v) is 9.44. The van der Waals surface area contributed by atoms with E-state index in [-0.39, 0.29) is 18.4 Å². The third-order valence-corrected chi connectivity index (χ3v) is 5.09. The first-order valence-corrected chi connectivity index (χ1v) is 11.9. The highest BCUT2D eigenvalue weighted by Gasteiger charge is 2.11. The summed E-state index contributed by atoms with van der Waals surface area (Å²) in [6.45, 7) is 7.24. The number of aliphatic imine (C=N–C) groups is 1. The van der Waals surface area contributed by atoms with Crippen molar-refractivity contribution in [1.29, 1.82) is 0 Å². The van der Waals surface area contributed by atoms with Crippen molar-refractivity contribution in [2.45, 2.75) is 39.2 Å². The van der Waals surface area contributed by atoms with Gasteiger partial charge in [-0.25, -0.2) is 17.8 Å². The molecular weight excluding hydrogens is 405 g/mol. The number of nitrogens with zero attached hydrogens (tertiary/aromatic N) is 1. The van der Waals surface area contributed by atoms with Crippen LogP contribution in [0.3, 0.4) is 0 Å². The van der Waals surface area contributed by atoms with Gasteiger partial charge in [0.2, 0.25) is 0 Å². The monoisotopic (exact) mass is 435 g/mol. The molecule has 2 rings (SSSR count). The third-order valence-electron chi connectivity index (χ3n) is 4.25. The Labute approximate surface area is 178 Å². The molecule has 0 heterocycles. The van der Waals surface area contributed by atoms with E-state index in [4.69, 9.17) is 4.74 Å². The van der Waals surface area contributed by atoms with E-state index in [1.54, 1.807) is 0 Å². The molecule has 30 heavy (non-hydrogen) atoms. The van der Waals surface area contributed by atoms with E-state index in [9.17, 15) is 12.8 Å². The average molecular weight is 436 g/mol. The molecule has 6 nitrogen and oxygen atoms in total. The lowest BCUT2D eigenvalue weighted by Crippen LogP contribution is -2.41. The molecule has 0 saturated carbocycles. The number of nitrogens with one attached hydrogen (secondary N) is 2. The van der Waals surface area contributed by atoms with Crippen LogP contribution in [0.4, 0.5) is 4.39 Å². The number of sulfone groups is 1. The zero-order chi connectivity index (χ0) is 22.1. The van der Waals surface area contributed by atoms with Crippen molar-refractivity contribution >= 4 is 15.8 Å². The summed E-state index contributed by atoms with van der Waals surface area (Å²) in [4.78, 5) is 4.48. The van der Waals surface area contributed by atoms with Gasteiger partial charge in [0.1, 0.15) is 17.7 Å². The van der Waals surface area contributed by atoms with E-state index < -0.39 is 15.7 Å². The number of ether oxygens (including phenoxy) is 1. The normalized spacial score (nSPS) is 13.0. The van der Waals surface area contributed by atoms with Gasteiger partial charge in [-0.1, -0.05) is 23.8 Å². The Balaban J connectivity index is 2.03. The van der Waals surface area contributed by atoms with Crippen molar-refractivity contribution in [3.05, 3.63) is 65.0 Å². The van der Waals surface area contributed by atoms with Crippen molar-refractivity contribution in [2.24, 2.45) is 4.99 Å². The molecule has 0 radical (unpaired) electrons. The zero-order valence-corrected chi connectivity index (χ0v) is 18.7. The van der Waals surface area contributed by atoms with Crippen LogP contribution in [0.5, 0.6) is 5.75 Å². The van der Waals surface area contributed by atoms with E-state index >= 15 is 0 Å². The molecule has 164 valence electrons. The Bertz CT molecular complexity index is 960. The number of hydrogen-bond donors (Lipinski definition) is 2. The van der Waals surface area contributed by atoms with Crippen LogP contribution in [-0.2, 0) is 22.1 Å². The van der Waals surface area contributed by atoms with Gasteiger partial charge in [-0.3, -0.25) is 0 Å². The molecule has 1 atom stereocenters. The maximum atomic E-state index is 13.7. The van der Waals surface area contributed by atoms with Crippen molar-refractivity contribution in [3.8, 4) is 5.75 Å². The van der Waals surface area contributed by atoms with E-state index in [1.165, 1.54) is 23.8 Å². The van der Waals surface area contributed by atoms with E-state index in [1.807, 2.05) is 45.0 Å². The van der Waals surface area contributed by atoms with Gasteiger partial charge in [-0.05, 0) is 56.2 Å². The molecule has 2 N–H and O–H groups in total. The largest absolute Gasteiger partial charge is 0.489 e. The first kappa shape index (κ1) is 23.7. The van der Waals surface area contributed by atoms with Crippen molar-refractivity contribution in [2.75, 3.05) is 19.3 Å². The molecule has 0 aliphatic rings. The van der Waals surface area contributed by atoms with Crippen LogP contribution in [0.1, 0.15) is 30.5 Å². The smallest absolute Gasteiger partial charge is 0.191 e. The van der Waals surface area contributed by atoms with Crippen LogP contribution in [0.25, 0.3) is 0 Å². The molecule has 8 heteroatoms. The lowest BCUT2D eigenvalue weighted by molar-refractivity contribution is 0.224. The zero-order valence-electron chi connectivity index (χ0n) is 17.9. The minimum absolute atomic E-state index is 0.105. The van der Waals surface area contributed by atoms with Gasteiger partial charge in [0, 0.05) is 12.8 Å². The highest BCUT2D eigenvalue weighted by molar-refractivity contribution is 7.89. The third kappa shape index (κ3) is 8.41. The summed E-state index contributed by atoms with van der Waals surface area (Å²) in [5.74, 6) is 0.771. The number of guanidine groups is 1. The van der Waals surface area contributed by atoms with E-state index in [0.717, 1.165) is 12.0 Å². The van der Waals surface area contributed by atoms with Gasteiger partial charge in [0.05, 0.1) is 18.8 Å². The number of benzene rings is 2. The van der Waals surface area contributed by atoms with Crippen LogP contribution in [-0.4, -0.2) is 39.8 Å². The molecule has 2 aromatic carbocycles. The number of rotatable bonds is 9. The maximum absolute atomic E-state index is 13.7. The second-order valence-electron chi connectivity index (χ2n) is 7.30. The predicted molar refractivity (Wildman–Crippen MR) is 119 cm³/mol. The Morgan fingerprint density at radius 1 is 1.13 bits per heavy atom. The molecule has 2 aromatic rings. The van der Waals surface area contributed by atoms with Crippen LogP contribution in [0.2, 0.25) is 0 Å². The maximum Gasteiger partial charge on any atom is 0.191 e. The van der Waals surface area contributed by atoms with Gasteiger partial charge in [-0.15, -0.1) is 0 Å². The van der Waals surface area contributed by atoms with Gasteiger partial charge in [0.25, 0.3) is 0 Å². The molecule has 0 aliphatic carbocycles. The molecule has 0 bridgehead atoms. The summed E-state index contributed by atoms with van der Waals surface area (Å²) >= 11 is 0. The van der Waals surface area contributed by atoms with Crippen molar-refractivity contribution in [3.63, 3.8) is 0 Å². The van der Waals surface area contributed by atoms with Crippen molar-refractivity contribution < 1.29 is 17.5 Å². The molecule has 0 fully saturated rings. The highest BCUT2D eigenvalue weighted by Crippen LogP contribution is 2.16. The van der Waals surface area contributed by atoms with Gasteiger partial charge in [-0.2, -0.15) is 0 Å². The van der Waals surface area contributed by atoms with E-state index in [2.05, 4.69) is 15.6 Å². The van der Waals surface area contributed by atoms with Crippen LogP contribution < -0.4 is 15.4 Å². The predicted octanol–water partition coefficient (Wildman–Crippen LogP) is 3.20. The average Bonchev–Trinajstić information content (AvgIpc) is 2.66. The summed E-state index contributed by atoms with van der Waals surface area (Å²) in [5.41, 5.74) is 2.26. The topological polar surface area (TPSA) is 79.8 Å². The first-order valence-electron chi connectivity index (χ1n) is 9.87. The Morgan fingerprint density at radius 2 is 1.83 bits per heavy atom. The Kier molecular flexibility index (Phi) is 8.65. The quantitative estimate of drug-likeness (QED) is 0.467. The van der Waals surface area contributed by atoms with Crippen LogP contribution in [0, 0.1) is 12.7 Å². The lowest BCUT2D eigenvalue weighted by atomic mass is 10.1. The highest BCUT2D eigenvalue weighted by atomic mass is 32.2. The standard InChI is InChI=1S/C22H30FN3O3S/c1-5-24-22(25-13-17(3)29-21-10-6-16(2)7-11-21)26-14-19-12-20(23)9-8-18(19)15-30(4,27)28/h6-12,17H,5,13-15H2,1-4H3,(H2,24,25,26). The minimum Gasteiger partial charge on any atom is -0.489 e. The van der Waals surface area contributed by atoms with Crippen LogP contribution in [0.15, 0.2) is 47.5 Å². The van der Waals surface area contributed by atoms with Crippen molar-refractivity contribution in [1.82, 2.24) is 10.6 Å².